The van der Waals surface area contributed by atoms with Gasteiger partial charge >= 0.3 is 5.97 Å². The lowest BCUT2D eigenvalue weighted by Crippen LogP contribution is -2.26. The Morgan fingerprint density at radius 1 is 1.53 bits per heavy atom. The average Bonchev–Trinajstić information content (AvgIpc) is 2.74. The molecule has 3 nitrogen and oxygen atoms in total. The monoisotopic (exact) mass is 233 g/mol. The molecule has 2 rings (SSSR count). The summed E-state index contributed by atoms with van der Waals surface area (Å²) < 4.78 is 0. The van der Waals surface area contributed by atoms with E-state index in [0.717, 1.165) is 19.4 Å². The maximum Gasteiger partial charge on any atom is 0.304 e. The lowest BCUT2D eigenvalue weighted by molar-refractivity contribution is -0.137. The van der Waals surface area contributed by atoms with Crippen LogP contribution < -0.4 is 0 Å². The molecule has 17 heavy (non-hydrogen) atoms. The highest BCUT2D eigenvalue weighted by atomic mass is 16.4. The number of likely N-dealkylation sites (tertiary alicyclic amines) is 1. The summed E-state index contributed by atoms with van der Waals surface area (Å²) in [6.45, 7) is 3.78. The zero-order valence-electron chi connectivity index (χ0n) is 10.2. The minimum absolute atomic E-state index is 0.238. The van der Waals surface area contributed by atoms with Gasteiger partial charge < -0.3 is 5.11 Å². The Bertz CT molecular complexity index is 403. The van der Waals surface area contributed by atoms with Crippen molar-refractivity contribution in [2.45, 2.75) is 32.2 Å². The standard InChI is InChI=1S/C14H19NO2/c1-11-4-2-5-12(10-11)13-6-3-8-15(13)9-7-14(16)17/h2,4-5,10,13H,3,6-9H2,1H3,(H,16,17)/t13-/m1/s1. The van der Waals surface area contributed by atoms with Crippen molar-refractivity contribution in [1.82, 2.24) is 4.90 Å². The second-order valence-electron chi connectivity index (χ2n) is 4.75. The highest BCUT2D eigenvalue weighted by Gasteiger charge is 2.25. The molecule has 0 aliphatic carbocycles. The minimum atomic E-state index is -0.708. The summed E-state index contributed by atoms with van der Waals surface area (Å²) in [5, 5.41) is 8.75. The van der Waals surface area contributed by atoms with E-state index in [2.05, 4.69) is 36.1 Å². The predicted molar refractivity (Wildman–Crippen MR) is 67.0 cm³/mol. The van der Waals surface area contributed by atoms with Crippen LogP contribution in [0.2, 0.25) is 0 Å². The Balaban J connectivity index is 2.06. The number of nitrogens with zero attached hydrogens (tertiary/aromatic N) is 1. The molecule has 1 fully saturated rings. The van der Waals surface area contributed by atoms with Crippen molar-refractivity contribution >= 4 is 5.97 Å². The van der Waals surface area contributed by atoms with Crippen LogP contribution in [-0.4, -0.2) is 29.1 Å². The lowest BCUT2D eigenvalue weighted by atomic mass is 10.0. The van der Waals surface area contributed by atoms with Gasteiger partial charge in [0.25, 0.3) is 0 Å². The van der Waals surface area contributed by atoms with E-state index in [9.17, 15) is 4.79 Å². The summed E-state index contributed by atoms with van der Waals surface area (Å²) in [7, 11) is 0. The van der Waals surface area contributed by atoms with Gasteiger partial charge in [0.1, 0.15) is 0 Å². The molecule has 1 aliphatic heterocycles. The summed E-state index contributed by atoms with van der Waals surface area (Å²) in [6.07, 6.45) is 2.55. The van der Waals surface area contributed by atoms with Gasteiger partial charge in [-0.05, 0) is 31.9 Å². The fourth-order valence-corrected chi connectivity index (χ4v) is 2.59. The van der Waals surface area contributed by atoms with E-state index in [1.54, 1.807) is 0 Å². The average molecular weight is 233 g/mol. The van der Waals surface area contributed by atoms with Gasteiger partial charge in [-0.1, -0.05) is 29.8 Å². The normalized spacial score (nSPS) is 20.6. The van der Waals surface area contributed by atoms with Crippen molar-refractivity contribution in [2.75, 3.05) is 13.1 Å². The fourth-order valence-electron chi connectivity index (χ4n) is 2.59. The smallest absolute Gasteiger partial charge is 0.304 e. The van der Waals surface area contributed by atoms with Gasteiger partial charge in [0.05, 0.1) is 6.42 Å². The van der Waals surface area contributed by atoms with Gasteiger partial charge in [-0.2, -0.15) is 0 Å². The molecule has 1 aliphatic rings. The third-order valence-electron chi connectivity index (χ3n) is 3.40. The number of carboxylic acid groups (broad SMARTS) is 1. The summed E-state index contributed by atoms with van der Waals surface area (Å²) in [5.74, 6) is -0.708. The molecular formula is C14H19NO2. The molecule has 0 aromatic heterocycles. The van der Waals surface area contributed by atoms with Gasteiger partial charge in [-0.25, -0.2) is 0 Å². The zero-order valence-corrected chi connectivity index (χ0v) is 10.2. The minimum Gasteiger partial charge on any atom is -0.481 e. The molecule has 1 saturated heterocycles. The molecule has 0 bridgehead atoms. The first-order chi connectivity index (χ1) is 8.16. The molecule has 3 heteroatoms. The van der Waals surface area contributed by atoms with E-state index in [4.69, 9.17) is 5.11 Å². The molecule has 0 unspecified atom stereocenters. The van der Waals surface area contributed by atoms with Crippen molar-refractivity contribution in [3.63, 3.8) is 0 Å². The van der Waals surface area contributed by atoms with Crippen LogP contribution >= 0.6 is 0 Å². The predicted octanol–water partition coefficient (Wildman–Crippen LogP) is 2.61. The summed E-state index contributed by atoms with van der Waals surface area (Å²) >= 11 is 0. The van der Waals surface area contributed by atoms with Crippen LogP contribution in [0.25, 0.3) is 0 Å². The Hall–Kier alpha value is -1.35. The Morgan fingerprint density at radius 2 is 2.35 bits per heavy atom. The maximum atomic E-state index is 10.6. The molecular weight excluding hydrogens is 214 g/mol. The Labute approximate surface area is 102 Å². The fraction of sp³-hybridized carbons (Fsp3) is 0.500. The highest BCUT2D eigenvalue weighted by Crippen LogP contribution is 2.32. The SMILES string of the molecule is Cc1cccc([C@H]2CCCN2CCC(=O)O)c1. The van der Waals surface area contributed by atoms with E-state index in [1.165, 1.54) is 11.1 Å². The number of hydrogen-bond acceptors (Lipinski definition) is 2. The zero-order chi connectivity index (χ0) is 12.3. The molecule has 0 saturated carbocycles. The van der Waals surface area contributed by atoms with E-state index >= 15 is 0 Å². The number of aryl methyl sites for hydroxylation is 1. The summed E-state index contributed by atoms with van der Waals surface area (Å²) in [5.41, 5.74) is 2.60. The maximum absolute atomic E-state index is 10.6. The van der Waals surface area contributed by atoms with Crippen molar-refractivity contribution in [3.05, 3.63) is 35.4 Å². The van der Waals surface area contributed by atoms with E-state index in [0.29, 0.717) is 12.6 Å². The van der Waals surface area contributed by atoms with Crippen molar-refractivity contribution < 1.29 is 9.90 Å². The van der Waals surface area contributed by atoms with E-state index in [1.807, 2.05) is 0 Å². The van der Waals surface area contributed by atoms with Gasteiger partial charge in [0, 0.05) is 12.6 Å². The molecule has 1 heterocycles. The second kappa shape index (κ2) is 5.32. The van der Waals surface area contributed by atoms with E-state index < -0.39 is 5.97 Å². The van der Waals surface area contributed by atoms with Gasteiger partial charge in [0.2, 0.25) is 0 Å². The van der Waals surface area contributed by atoms with Crippen LogP contribution in [0.3, 0.4) is 0 Å². The van der Waals surface area contributed by atoms with Crippen LogP contribution in [0.4, 0.5) is 0 Å². The lowest BCUT2D eigenvalue weighted by Gasteiger charge is -2.24. The molecule has 1 N–H and O–H groups in total. The third-order valence-corrected chi connectivity index (χ3v) is 3.40. The van der Waals surface area contributed by atoms with Crippen LogP contribution in [-0.2, 0) is 4.79 Å². The van der Waals surface area contributed by atoms with Gasteiger partial charge in [0.15, 0.2) is 0 Å². The topological polar surface area (TPSA) is 40.5 Å². The quantitative estimate of drug-likeness (QED) is 0.869. The highest BCUT2D eigenvalue weighted by molar-refractivity contribution is 5.66. The number of carbonyl (C=O) groups is 1. The molecule has 1 atom stereocenters. The first-order valence-corrected chi connectivity index (χ1v) is 6.19. The number of aliphatic carboxylic acids is 1. The van der Waals surface area contributed by atoms with Crippen LogP contribution in [0.15, 0.2) is 24.3 Å². The number of rotatable bonds is 4. The van der Waals surface area contributed by atoms with Gasteiger partial charge in [-0.15, -0.1) is 0 Å². The first kappa shape index (κ1) is 12.1. The van der Waals surface area contributed by atoms with Crippen LogP contribution in [0.1, 0.15) is 36.4 Å². The van der Waals surface area contributed by atoms with Crippen molar-refractivity contribution in [2.24, 2.45) is 0 Å². The number of benzene rings is 1. The molecule has 0 spiro atoms. The van der Waals surface area contributed by atoms with Gasteiger partial charge in [-0.3, -0.25) is 9.69 Å². The van der Waals surface area contributed by atoms with Crippen molar-refractivity contribution in [1.29, 1.82) is 0 Å². The van der Waals surface area contributed by atoms with Crippen LogP contribution in [0.5, 0.6) is 0 Å². The summed E-state index contributed by atoms with van der Waals surface area (Å²) in [4.78, 5) is 12.9. The van der Waals surface area contributed by atoms with E-state index in [-0.39, 0.29) is 6.42 Å². The molecule has 0 radical (unpaired) electrons. The Morgan fingerprint density at radius 3 is 3.06 bits per heavy atom. The molecule has 1 aromatic rings. The molecule has 1 aromatic carbocycles. The largest absolute Gasteiger partial charge is 0.481 e. The van der Waals surface area contributed by atoms with Crippen LogP contribution in [0, 0.1) is 6.92 Å². The first-order valence-electron chi connectivity index (χ1n) is 6.19. The summed E-state index contributed by atoms with van der Waals surface area (Å²) in [6, 6.07) is 8.95. The second-order valence-corrected chi connectivity index (χ2v) is 4.75. The number of hydrogen-bond donors (Lipinski definition) is 1. The Kier molecular flexibility index (Phi) is 3.79. The number of carboxylic acids is 1. The van der Waals surface area contributed by atoms with Crippen molar-refractivity contribution in [3.8, 4) is 0 Å². The molecule has 92 valence electrons. The third kappa shape index (κ3) is 3.07. The molecule has 0 amide bonds.